The second kappa shape index (κ2) is 8.90. The molecular weight excluding hydrogens is 284 g/mol. The normalized spacial score (nSPS) is 11.3. The Morgan fingerprint density at radius 2 is 1.78 bits per heavy atom. The molecule has 2 heteroatoms. The first-order chi connectivity index (χ1) is 11.3. The third-order valence-corrected chi connectivity index (χ3v) is 3.79. The third-order valence-electron chi connectivity index (χ3n) is 3.79. The van der Waals surface area contributed by atoms with Crippen LogP contribution in [-0.2, 0) is 0 Å². The monoisotopic (exact) mass is 308 g/mol. The quantitative estimate of drug-likeness (QED) is 0.550. The van der Waals surface area contributed by atoms with Gasteiger partial charge in [-0.2, -0.15) is 0 Å². The van der Waals surface area contributed by atoms with Crippen LogP contribution in [0, 0.1) is 11.8 Å². The van der Waals surface area contributed by atoms with Gasteiger partial charge in [-0.25, -0.2) is 0 Å². The molecule has 1 unspecified atom stereocenters. The van der Waals surface area contributed by atoms with Crippen LogP contribution < -0.4 is 9.47 Å². The molecule has 0 N–H and O–H groups in total. The zero-order chi connectivity index (χ0) is 16.5. The molecule has 0 amide bonds. The lowest BCUT2D eigenvalue weighted by molar-refractivity contribution is 0.391. The highest BCUT2D eigenvalue weighted by Crippen LogP contribution is 2.34. The first-order valence-electron chi connectivity index (χ1n) is 8.05. The lowest BCUT2D eigenvalue weighted by Gasteiger charge is -2.16. The Morgan fingerprint density at radius 3 is 2.43 bits per heavy atom. The van der Waals surface area contributed by atoms with Gasteiger partial charge in [0.15, 0.2) is 0 Å². The molecule has 0 spiro atoms. The van der Waals surface area contributed by atoms with Crippen molar-refractivity contribution in [1.29, 1.82) is 0 Å². The second-order valence-corrected chi connectivity index (χ2v) is 5.38. The number of hydrogen-bond acceptors (Lipinski definition) is 2. The minimum atomic E-state index is 0.00825. The van der Waals surface area contributed by atoms with Crippen LogP contribution in [0.1, 0.15) is 43.2 Å². The molecule has 2 rings (SSSR count). The average molecular weight is 308 g/mol. The molecular formula is C21H24O2. The molecule has 0 saturated carbocycles. The lowest BCUT2D eigenvalue weighted by atomic mass is 9.91. The summed E-state index contributed by atoms with van der Waals surface area (Å²) in [5, 5.41) is 0. The predicted molar refractivity (Wildman–Crippen MR) is 95.1 cm³/mol. The molecule has 0 aliphatic rings. The Balaban J connectivity index is 2.42. The average Bonchev–Trinajstić information content (AvgIpc) is 2.62. The number of ether oxygens (including phenoxy) is 2. The van der Waals surface area contributed by atoms with Crippen LogP contribution in [0.15, 0.2) is 48.5 Å². The van der Waals surface area contributed by atoms with Crippen LogP contribution in [-0.4, -0.2) is 14.2 Å². The minimum absolute atomic E-state index is 0.00825. The maximum absolute atomic E-state index is 5.57. The largest absolute Gasteiger partial charge is 0.497 e. The summed E-state index contributed by atoms with van der Waals surface area (Å²) < 4.78 is 10.9. The van der Waals surface area contributed by atoms with Crippen LogP contribution in [0.5, 0.6) is 11.5 Å². The molecule has 0 radical (unpaired) electrons. The van der Waals surface area contributed by atoms with Crippen LogP contribution in [0.25, 0.3) is 0 Å². The van der Waals surface area contributed by atoms with Crippen molar-refractivity contribution in [3.63, 3.8) is 0 Å². The van der Waals surface area contributed by atoms with E-state index in [1.54, 1.807) is 14.2 Å². The van der Waals surface area contributed by atoms with E-state index in [9.17, 15) is 0 Å². The fraction of sp³-hybridized carbons (Fsp3) is 0.333. The number of rotatable bonds is 6. The molecule has 1 atom stereocenters. The summed E-state index contributed by atoms with van der Waals surface area (Å²) in [6.45, 7) is 2.18. The molecule has 0 aromatic heterocycles. The molecule has 0 saturated heterocycles. The van der Waals surface area contributed by atoms with Gasteiger partial charge in [0.1, 0.15) is 11.5 Å². The number of hydrogen-bond donors (Lipinski definition) is 0. The van der Waals surface area contributed by atoms with E-state index in [4.69, 9.17) is 9.47 Å². The number of unbranched alkanes of at least 4 members (excludes halogenated alkanes) is 2. The van der Waals surface area contributed by atoms with E-state index >= 15 is 0 Å². The molecule has 2 nitrogen and oxygen atoms in total. The van der Waals surface area contributed by atoms with Gasteiger partial charge in [-0.05, 0) is 18.1 Å². The number of benzene rings is 2. The van der Waals surface area contributed by atoms with E-state index in [0.29, 0.717) is 0 Å². The summed E-state index contributed by atoms with van der Waals surface area (Å²) in [6.07, 6.45) is 3.23. The maximum Gasteiger partial charge on any atom is 0.127 e. The summed E-state index contributed by atoms with van der Waals surface area (Å²) in [4.78, 5) is 0. The van der Waals surface area contributed by atoms with Crippen molar-refractivity contribution in [3.05, 3.63) is 59.7 Å². The van der Waals surface area contributed by atoms with Crippen molar-refractivity contribution in [2.75, 3.05) is 14.2 Å². The molecule has 0 heterocycles. The fourth-order valence-corrected chi connectivity index (χ4v) is 2.48. The highest BCUT2D eigenvalue weighted by Gasteiger charge is 2.16. The van der Waals surface area contributed by atoms with Gasteiger partial charge in [0.05, 0.1) is 20.1 Å². The van der Waals surface area contributed by atoms with E-state index in [0.717, 1.165) is 36.3 Å². The summed E-state index contributed by atoms with van der Waals surface area (Å²) in [5.41, 5.74) is 2.25. The molecule has 0 bridgehead atoms. The minimum Gasteiger partial charge on any atom is -0.497 e. The molecule has 0 aliphatic heterocycles. The maximum atomic E-state index is 5.57. The topological polar surface area (TPSA) is 18.5 Å². The number of methoxy groups -OCH3 is 2. The molecule has 2 aromatic carbocycles. The lowest BCUT2D eigenvalue weighted by Crippen LogP contribution is -2.02. The van der Waals surface area contributed by atoms with Crippen LogP contribution >= 0.6 is 0 Å². The van der Waals surface area contributed by atoms with Crippen molar-refractivity contribution in [2.24, 2.45) is 0 Å². The van der Waals surface area contributed by atoms with E-state index in [2.05, 4.69) is 30.9 Å². The SMILES string of the molecule is CCCCC#CC(c1ccccc1)c1ccc(OC)cc1OC. The first kappa shape index (κ1) is 17.0. The van der Waals surface area contributed by atoms with E-state index in [1.807, 2.05) is 36.4 Å². The Bertz CT molecular complexity index is 665. The van der Waals surface area contributed by atoms with Crippen LogP contribution in [0.3, 0.4) is 0 Å². The summed E-state index contributed by atoms with van der Waals surface area (Å²) in [7, 11) is 3.35. The van der Waals surface area contributed by atoms with Crippen molar-refractivity contribution in [2.45, 2.75) is 32.1 Å². The Kier molecular flexibility index (Phi) is 6.56. The van der Waals surface area contributed by atoms with Crippen molar-refractivity contribution in [1.82, 2.24) is 0 Å². The van der Waals surface area contributed by atoms with E-state index in [1.165, 1.54) is 5.56 Å². The van der Waals surface area contributed by atoms with Gasteiger partial charge in [-0.1, -0.05) is 55.7 Å². The Morgan fingerprint density at radius 1 is 1.00 bits per heavy atom. The van der Waals surface area contributed by atoms with Gasteiger partial charge in [0.25, 0.3) is 0 Å². The van der Waals surface area contributed by atoms with Crippen molar-refractivity contribution >= 4 is 0 Å². The third kappa shape index (κ3) is 4.53. The molecule has 0 fully saturated rings. The Hall–Kier alpha value is -2.40. The molecule has 0 aliphatic carbocycles. The zero-order valence-corrected chi connectivity index (χ0v) is 14.1. The Labute approximate surface area is 139 Å². The van der Waals surface area contributed by atoms with E-state index in [-0.39, 0.29) is 5.92 Å². The van der Waals surface area contributed by atoms with Crippen LogP contribution in [0.4, 0.5) is 0 Å². The van der Waals surface area contributed by atoms with Gasteiger partial charge in [0, 0.05) is 18.1 Å². The highest BCUT2D eigenvalue weighted by molar-refractivity contribution is 5.50. The van der Waals surface area contributed by atoms with E-state index < -0.39 is 0 Å². The van der Waals surface area contributed by atoms with Crippen molar-refractivity contribution in [3.8, 4) is 23.3 Å². The van der Waals surface area contributed by atoms with Gasteiger partial charge in [-0.15, -0.1) is 5.92 Å². The van der Waals surface area contributed by atoms with Gasteiger partial charge < -0.3 is 9.47 Å². The van der Waals surface area contributed by atoms with Gasteiger partial charge in [-0.3, -0.25) is 0 Å². The van der Waals surface area contributed by atoms with Crippen LogP contribution in [0.2, 0.25) is 0 Å². The zero-order valence-electron chi connectivity index (χ0n) is 14.1. The fourth-order valence-electron chi connectivity index (χ4n) is 2.48. The van der Waals surface area contributed by atoms with Gasteiger partial charge >= 0.3 is 0 Å². The smallest absolute Gasteiger partial charge is 0.127 e. The van der Waals surface area contributed by atoms with Gasteiger partial charge in [0.2, 0.25) is 0 Å². The predicted octanol–water partition coefficient (Wildman–Crippen LogP) is 5.03. The summed E-state index contributed by atoms with van der Waals surface area (Å²) in [6, 6.07) is 16.3. The standard InChI is InChI=1S/C21H24O2/c1-4-5-6-10-13-19(17-11-8-7-9-12-17)20-15-14-18(22-2)16-21(20)23-3/h7-9,11-12,14-16,19H,4-6H2,1-3H3. The highest BCUT2D eigenvalue weighted by atomic mass is 16.5. The first-order valence-corrected chi connectivity index (χ1v) is 8.05. The molecule has 2 aromatic rings. The summed E-state index contributed by atoms with van der Waals surface area (Å²) >= 11 is 0. The molecule has 120 valence electrons. The summed E-state index contributed by atoms with van der Waals surface area (Å²) in [5.74, 6) is 8.36. The van der Waals surface area contributed by atoms with Crippen molar-refractivity contribution < 1.29 is 9.47 Å². The molecule has 23 heavy (non-hydrogen) atoms. The second-order valence-electron chi connectivity index (χ2n) is 5.38.